The molecule has 0 spiro atoms. The number of hydrogen-bond acceptors (Lipinski definition) is 2. The summed E-state index contributed by atoms with van der Waals surface area (Å²) in [6.07, 6.45) is 10.5. The van der Waals surface area contributed by atoms with E-state index >= 15 is 0 Å². The van der Waals surface area contributed by atoms with Crippen LogP contribution in [0.5, 0.6) is 0 Å². The molecule has 1 saturated carbocycles. The topological polar surface area (TPSA) is 27.1 Å². The lowest BCUT2D eigenvalue weighted by Gasteiger charge is -2.32. The number of aromatic nitrogens is 2. The third kappa shape index (κ3) is 3.60. The molecule has 3 rings (SSSR count). The van der Waals surface area contributed by atoms with Crippen LogP contribution in [0.3, 0.4) is 0 Å². The molecule has 0 N–H and O–H groups in total. The minimum atomic E-state index is 0.197. The van der Waals surface area contributed by atoms with Gasteiger partial charge in [-0.1, -0.05) is 36.0 Å². The number of rotatable bonds is 4. The fourth-order valence-electron chi connectivity index (χ4n) is 2.93. The van der Waals surface area contributed by atoms with Crippen LogP contribution in [-0.2, 0) is 11.3 Å². The monoisotopic (exact) mass is 324 g/mol. The van der Waals surface area contributed by atoms with E-state index in [4.69, 9.17) is 27.9 Å². The van der Waals surface area contributed by atoms with Gasteiger partial charge in [-0.3, -0.25) is 0 Å². The zero-order valence-corrected chi connectivity index (χ0v) is 13.2. The van der Waals surface area contributed by atoms with Gasteiger partial charge in [-0.25, -0.2) is 4.98 Å². The van der Waals surface area contributed by atoms with Crippen molar-refractivity contribution < 1.29 is 4.74 Å². The van der Waals surface area contributed by atoms with Crippen molar-refractivity contribution in [2.24, 2.45) is 0 Å². The third-order valence-corrected chi connectivity index (χ3v) is 4.64. The summed E-state index contributed by atoms with van der Waals surface area (Å²) in [6.45, 7) is 0.495. The van der Waals surface area contributed by atoms with Crippen molar-refractivity contribution in [2.45, 2.75) is 44.4 Å². The van der Waals surface area contributed by atoms with E-state index in [2.05, 4.69) is 9.55 Å². The quantitative estimate of drug-likeness (QED) is 0.800. The summed E-state index contributed by atoms with van der Waals surface area (Å²) in [5, 5.41) is 1.39. The van der Waals surface area contributed by atoms with E-state index in [9.17, 15) is 0 Å². The Labute approximate surface area is 134 Å². The summed E-state index contributed by atoms with van der Waals surface area (Å²) in [5.74, 6) is 0. The van der Waals surface area contributed by atoms with Crippen molar-refractivity contribution in [1.82, 2.24) is 9.55 Å². The van der Waals surface area contributed by atoms with Gasteiger partial charge in [0.05, 0.1) is 25.1 Å². The van der Waals surface area contributed by atoms with Crippen molar-refractivity contribution in [3.63, 3.8) is 0 Å². The van der Waals surface area contributed by atoms with E-state index in [1.54, 1.807) is 6.07 Å². The van der Waals surface area contributed by atoms with Gasteiger partial charge in [0.1, 0.15) is 0 Å². The van der Waals surface area contributed by atoms with Crippen LogP contribution in [-0.4, -0.2) is 15.7 Å². The van der Waals surface area contributed by atoms with E-state index in [0.29, 0.717) is 22.7 Å². The fraction of sp³-hybridized carbons (Fsp3) is 0.438. The molecule has 0 bridgehead atoms. The smallest absolute Gasteiger partial charge is 0.0949 e. The Kier molecular flexibility index (Phi) is 4.84. The Morgan fingerprint density at radius 1 is 1.24 bits per heavy atom. The van der Waals surface area contributed by atoms with Gasteiger partial charge in [-0.05, 0) is 36.6 Å². The minimum absolute atomic E-state index is 0.197. The van der Waals surface area contributed by atoms with Gasteiger partial charge < -0.3 is 9.30 Å². The molecule has 1 aromatic heterocycles. The normalized spacial score (nSPS) is 22.4. The number of nitrogens with zero attached hydrogens (tertiary/aromatic N) is 2. The van der Waals surface area contributed by atoms with Crippen LogP contribution in [0.15, 0.2) is 36.9 Å². The molecule has 3 nitrogen and oxygen atoms in total. The molecule has 2 aromatic rings. The first-order chi connectivity index (χ1) is 10.2. The van der Waals surface area contributed by atoms with Crippen LogP contribution in [0.2, 0.25) is 10.0 Å². The predicted molar refractivity (Wildman–Crippen MR) is 84.8 cm³/mol. The van der Waals surface area contributed by atoms with Crippen molar-refractivity contribution in [3.8, 4) is 0 Å². The lowest BCUT2D eigenvalue weighted by molar-refractivity contribution is -0.0162. The van der Waals surface area contributed by atoms with Gasteiger partial charge in [0.2, 0.25) is 0 Å². The highest BCUT2D eigenvalue weighted by molar-refractivity contribution is 6.33. The number of benzene rings is 1. The molecular formula is C16H18Cl2N2O. The summed E-state index contributed by atoms with van der Waals surface area (Å²) in [5.41, 5.74) is 0.944. The summed E-state index contributed by atoms with van der Waals surface area (Å²) >= 11 is 12.2. The van der Waals surface area contributed by atoms with Crippen LogP contribution >= 0.6 is 23.2 Å². The molecule has 1 aliphatic rings. The van der Waals surface area contributed by atoms with Crippen LogP contribution < -0.4 is 0 Å². The predicted octanol–water partition coefficient (Wildman–Crippen LogP) is 4.89. The average Bonchev–Trinajstić information content (AvgIpc) is 3.03. The molecule has 112 valence electrons. The lowest BCUT2D eigenvalue weighted by atomic mass is 9.92. The first-order valence-electron chi connectivity index (χ1n) is 7.27. The number of ether oxygens (including phenoxy) is 1. The Balaban J connectivity index is 1.69. The van der Waals surface area contributed by atoms with Crippen molar-refractivity contribution in [2.75, 3.05) is 0 Å². The van der Waals surface area contributed by atoms with E-state index in [1.807, 2.05) is 30.9 Å². The number of halogens is 2. The van der Waals surface area contributed by atoms with E-state index in [-0.39, 0.29) is 6.10 Å². The molecule has 0 radical (unpaired) electrons. The third-order valence-electron chi connectivity index (χ3n) is 4.04. The zero-order chi connectivity index (χ0) is 14.7. The molecule has 1 aliphatic carbocycles. The second-order valence-electron chi connectivity index (χ2n) is 5.45. The van der Waals surface area contributed by atoms with Crippen LogP contribution in [0, 0.1) is 0 Å². The highest BCUT2D eigenvalue weighted by Gasteiger charge is 2.27. The molecule has 1 fully saturated rings. The summed E-state index contributed by atoms with van der Waals surface area (Å²) in [6, 6.07) is 5.84. The molecule has 2 atom stereocenters. The van der Waals surface area contributed by atoms with Crippen LogP contribution in [0.1, 0.15) is 37.3 Å². The second kappa shape index (κ2) is 6.82. The average molecular weight is 325 g/mol. The Morgan fingerprint density at radius 2 is 2.10 bits per heavy atom. The molecule has 0 aliphatic heterocycles. The maximum Gasteiger partial charge on any atom is 0.0949 e. The number of hydrogen-bond donors (Lipinski definition) is 0. The zero-order valence-electron chi connectivity index (χ0n) is 11.7. The molecule has 1 aromatic carbocycles. The standard InChI is InChI=1S/C16H18Cl2N2O/c17-13-5-6-14(18)12(9-13)10-21-16-4-2-1-3-15(16)20-8-7-19-11-20/h5-9,11,15-16H,1-4,10H2. The first kappa shape index (κ1) is 14.9. The van der Waals surface area contributed by atoms with Gasteiger partial charge >= 0.3 is 0 Å². The summed E-state index contributed by atoms with van der Waals surface area (Å²) in [4.78, 5) is 4.14. The highest BCUT2D eigenvalue weighted by atomic mass is 35.5. The SMILES string of the molecule is Clc1ccc(Cl)c(COC2CCCCC2n2ccnc2)c1. The maximum absolute atomic E-state index is 6.20. The number of imidazole rings is 1. The Hall–Kier alpha value is -1.03. The van der Waals surface area contributed by atoms with Gasteiger partial charge in [0.25, 0.3) is 0 Å². The molecular weight excluding hydrogens is 307 g/mol. The van der Waals surface area contributed by atoms with Crippen LogP contribution in [0.25, 0.3) is 0 Å². The van der Waals surface area contributed by atoms with Crippen molar-refractivity contribution >= 4 is 23.2 Å². The first-order valence-corrected chi connectivity index (χ1v) is 8.02. The molecule has 21 heavy (non-hydrogen) atoms. The Morgan fingerprint density at radius 3 is 2.90 bits per heavy atom. The summed E-state index contributed by atoms with van der Waals surface area (Å²) < 4.78 is 8.31. The maximum atomic E-state index is 6.20. The largest absolute Gasteiger partial charge is 0.371 e. The molecule has 2 unspecified atom stereocenters. The second-order valence-corrected chi connectivity index (χ2v) is 6.29. The Bertz CT molecular complexity index is 586. The summed E-state index contributed by atoms with van der Waals surface area (Å²) in [7, 11) is 0. The van der Waals surface area contributed by atoms with E-state index in [1.165, 1.54) is 12.8 Å². The van der Waals surface area contributed by atoms with E-state index < -0.39 is 0 Å². The van der Waals surface area contributed by atoms with Gasteiger partial charge in [0, 0.05) is 22.4 Å². The van der Waals surface area contributed by atoms with Crippen molar-refractivity contribution in [3.05, 3.63) is 52.5 Å². The van der Waals surface area contributed by atoms with Crippen molar-refractivity contribution in [1.29, 1.82) is 0 Å². The fourth-order valence-corrected chi connectivity index (χ4v) is 3.30. The van der Waals surface area contributed by atoms with Gasteiger partial charge in [-0.2, -0.15) is 0 Å². The van der Waals surface area contributed by atoms with Gasteiger partial charge in [0.15, 0.2) is 0 Å². The van der Waals surface area contributed by atoms with E-state index in [0.717, 1.165) is 18.4 Å². The molecule has 0 saturated heterocycles. The minimum Gasteiger partial charge on any atom is -0.371 e. The molecule has 5 heteroatoms. The van der Waals surface area contributed by atoms with Crippen LogP contribution in [0.4, 0.5) is 0 Å². The molecule has 1 heterocycles. The lowest BCUT2D eigenvalue weighted by Crippen LogP contribution is -2.29. The highest BCUT2D eigenvalue weighted by Crippen LogP contribution is 2.32. The molecule has 0 amide bonds. The van der Waals surface area contributed by atoms with Gasteiger partial charge in [-0.15, -0.1) is 0 Å².